The van der Waals surface area contributed by atoms with E-state index >= 15 is 0 Å². The molecular weight excluding hydrogens is 370 g/mol. The number of nitrogens with one attached hydrogen (secondary N) is 3. The molecule has 144 valence electrons. The summed E-state index contributed by atoms with van der Waals surface area (Å²) in [7, 11) is 0. The molecule has 0 bridgehead atoms. The summed E-state index contributed by atoms with van der Waals surface area (Å²) in [6.45, 7) is 0. The zero-order valence-electron chi connectivity index (χ0n) is 14.8. The quantitative estimate of drug-likeness (QED) is 0.586. The summed E-state index contributed by atoms with van der Waals surface area (Å²) in [5, 5.41) is 18.5. The summed E-state index contributed by atoms with van der Waals surface area (Å²) >= 11 is 6.16. The third-order valence-electron chi connectivity index (χ3n) is 6.12. The molecular formula is C19H22ClN3O4. The van der Waals surface area contributed by atoms with Gasteiger partial charge in [-0.2, -0.15) is 0 Å². The van der Waals surface area contributed by atoms with E-state index in [4.69, 9.17) is 11.6 Å². The lowest BCUT2D eigenvalue weighted by Crippen LogP contribution is -2.62. The lowest BCUT2D eigenvalue weighted by atomic mass is 9.67. The van der Waals surface area contributed by atoms with Gasteiger partial charge in [0.25, 0.3) is 5.91 Å². The molecule has 0 unspecified atom stereocenters. The fraction of sp³-hybridized carbons (Fsp3) is 0.526. The number of carbonyl (C=O) groups is 3. The van der Waals surface area contributed by atoms with Crippen LogP contribution in [-0.2, 0) is 15.1 Å². The van der Waals surface area contributed by atoms with Crippen molar-refractivity contribution in [2.75, 3.05) is 0 Å². The Kier molecular flexibility index (Phi) is 4.39. The molecule has 0 atom stereocenters. The van der Waals surface area contributed by atoms with Crippen LogP contribution in [-0.4, -0.2) is 34.6 Å². The number of amides is 4. The van der Waals surface area contributed by atoms with Crippen LogP contribution in [0.2, 0.25) is 5.02 Å². The molecule has 1 aromatic rings. The van der Waals surface area contributed by atoms with E-state index < -0.39 is 17.1 Å². The number of hydrogen-bond acceptors (Lipinski definition) is 4. The predicted molar refractivity (Wildman–Crippen MR) is 97.9 cm³/mol. The third kappa shape index (κ3) is 3.19. The monoisotopic (exact) mass is 391 g/mol. The number of aliphatic hydroxyl groups excluding tert-OH is 1. The molecule has 0 aromatic heterocycles. The Labute approximate surface area is 161 Å². The third-order valence-corrected chi connectivity index (χ3v) is 6.36. The predicted octanol–water partition coefficient (Wildman–Crippen LogP) is 1.57. The average Bonchev–Trinajstić information content (AvgIpc) is 2.90. The van der Waals surface area contributed by atoms with Gasteiger partial charge in [-0.05, 0) is 56.2 Å². The molecule has 3 aliphatic rings. The van der Waals surface area contributed by atoms with Crippen LogP contribution < -0.4 is 16.0 Å². The first-order chi connectivity index (χ1) is 12.8. The van der Waals surface area contributed by atoms with Crippen LogP contribution in [0.5, 0.6) is 0 Å². The summed E-state index contributed by atoms with van der Waals surface area (Å²) in [6.07, 6.45) is 2.67. The Hall–Kier alpha value is -2.12. The second kappa shape index (κ2) is 6.49. The topological polar surface area (TPSA) is 108 Å². The smallest absolute Gasteiger partial charge is 0.322 e. The summed E-state index contributed by atoms with van der Waals surface area (Å²) in [6, 6.07) is 6.93. The van der Waals surface area contributed by atoms with Gasteiger partial charge in [0.2, 0.25) is 5.91 Å². The Morgan fingerprint density at radius 1 is 1.22 bits per heavy atom. The first kappa shape index (κ1) is 18.3. The molecule has 0 radical (unpaired) electrons. The van der Waals surface area contributed by atoms with Crippen LogP contribution in [0.3, 0.4) is 0 Å². The molecule has 1 spiro atoms. The van der Waals surface area contributed by atoms with Crippen molar-refractivity contribution in [3.8, 4) is 0 Å². The normalized spacial score (nSPS) is 35.3. The van der Waals surface area contributed by atoms with Crippen molar-refractivity contribution in [1.82, 2.24) is 16.0 Å². The van der Waals surface area contributed by atoms with Gasteiger partial charge < -0.3 is 15.7 Å². The van der Waals surface area contributed by atoms with Gasteiger partial charge in [0, 0.05) is 10.9 Å². The van der Waals surface area contributed by atoms with Gasteiger partial charge >= 0.3 is 6.03 Å². The van der Waals surface area contributed by atoms with Crippen molar-refractivity contribution >= 4 is 29.4 Å². The maximum absolute atomic E-state index is 12.9. The Balaban J connectivity index is 1.50. The second-order valence-corrected chi connectivity index (χ2v) is 8.34. The van der Waals surface area contributed by atoms with Crippen LogP contribution in [0.15, 0.2) is 24.3 Å². The van der Waals surface area contributed by atoms with Crippen LogP contribution in [0.4, 0.5) is 4.79 Å². The number of imide groups is 1. The number of aliphatic hydroxyl groups is 1. The molecule has 7 nitrogen and oxygen atoms in total. The van der Waals surface area contributed by atoms with Crippen LogP contribution >= 0.6 is 11.6 Å². The van der Waals surface area contributed by atoms with Gasteiger partial charge in [-0.25, -0.2) is 4.79 Å². The summed E-state index contributed by atoms with van der Waals surface area (Å²) in [5.74, 6) is -0.829. The molecule has 1 aliphatic heterocycles. The van der Waals surface area contributed by atoms with E-state index in [2.05, 4.69) is 16.0 Å². The zero-order chi connectivity index (χ0) is 19.2. The van der Waals surface area contributed by atoms with E-state index in [1.54, 1.807) is 6.07 Å². The van der Waals surface area contributed by atoms with E-state index in [0.29, 0.717) is 43.5 Å². The maximum atomic E-state index is 12.9. The van der Waals surface area contributed by atoms with Crippen molar-refractivity contribution in [2.24, 2.45) is 5.92 Å². The molecule has 2 saturated carbocycles. The fourth-order valence-corrected chi connectivity index (χ4v) is 4.68. The maximum Gasteiger partial charge on any atom is 0.322 e. The number of rotatable bonds is 3. The lowest BCUT2D eigenvalue weighted by Gasteiger charge is -2.45. The molecule has 2 aliphatic carbocycles. The summed E-state index contributed by atoms with van der Waals surface area (Å²) in [4.78, 5) is 36.2. The Morgan fingerprint density at radius 2 is 1.93 bits per heavy atom. The van der Waals surface area contributed by atoms with Crippen LogP contribution in [0, 0.1) is 5.92 Å². The molecule has 1 heterocycles. The van der Waals surface area contributed by atoms with Crippen molar-refractivity contribution in [3.63, 3.8) is 0 Å². The minimum Gasteiger partial charge on any atom is -0.393 e. The van der Waals surface area contributed by atoms with Crippen molar-refractivity contribution in [3.05, 3.63) is 34.9 Å². The second-order valence-electron chi connectivity index (χ2n) is 7.91. The molecule has 1 saturated heterocycles. The van der Waals surface area contributed by atoms with E-state index in [1.165, 1.54) is 0 Å². The van der Waals surface area contributed by atoms with Gasteiger partial charge in [-0.1, -0.05) is 23.7 Å². The Bertz CT molecular complexity index is 798. The summed E-state index contributed by atoms with van der Waals surface area (Å²) in [5.41, 5.74) is -0.591. The first-order valence-corrected chi connectivity index (χ1v) is 9.59. The SMILES string of the molecule is O=C1NC(=O)C2(CC(C(=O)NC3(c4cccc(Cl)c4)CCC(O)CC3)C2)N1. The molecule has 4 N–H and O–H groups in total. The number of halogens is 1. The van der Waals surface area contributed by atoms with Crippen molar-refractivity contribution < 1.29 is 19.5 Å². The molecule has 4 amide bonds. The number of hydrogen-bond donors (Lipinski definition) is 4. The minimum absolute atomic E-state index is 0.133. The number of urea groups is 1. The Morgan fingerprint density at radius 3 is 2.52 bits per heavy atom. The van der Waals surface area contributed by atoms with Crippen LogP contribution in [0.1, 0.15) is 44.1 Å². The minimum atomic E-state index is -0.939. The lowest BCUT2D eigenvalue weighted by molar-refractivity contribution is -0.138. The standard InChI is InChI=1S/C19H22ClN3O4/c20-13-3-1-2-12(8-13)18(6-4-14(24)5-7-18)22-15(25)11-9-19(10-11)16(26)21-17(27)23-19/h1-3,8,11,14,24H,4-7,9-10H2,(H,22,25)(H2,21,23,26,27). The highest BCUT2D eigenvalue weighted by Crippen LogP contribution is 2.43. The van der Waals surface area contributed by atoms with Gasteiger partial charge in [-0.15, -0.1) is 0 Å². The van der Waals surface area contributed by atoms with Gasteiger partial charge in [0.1, 0.15) is 5.54 Å². The highest BCUT2D eigenvalue weighted by Gasteiger charge is 2.57. The number of benzene rings is 1. The highest BCUT2D eigenvalue weighted by molar-refractivity contribution is 6.30. The molecule has 8 heteroatoms. The zero-order valence-corrected chi connectivity index (χ0v) is 15.5. The van der Waals surface area contributed by atoms with E-state index in [0.717, 1.165) is 5.56 Å². The molecule has 3 fully saturated rings. The number of carbonyl (C=O) groups excluding carboxylic acids is 3. The molecule has 1 aromatic carbocycles. The van der Waals surface area contributed by atoms with Gasteiger partial charge in [0.15, 0.2) is 0 Å². The molecule has 27 heavy (non-hydrogen) atoms. The molecule has 4 rings (SSSR count). The van der Waals surface area contributed by atoms with E-state index in [9.17, 15) is 19.5 Å². The largest absolute Gasteiger partial charge is 0.393 e. The van der Waals surface area contributed by atoms with E-state index in [-0.39, 0.29) is 23.8 Å². The van der Waals surface area contributed by atoms with Gasteiger partial charge in [0.05, 0.1) is 11.6 Å². The first-order valence-electron chi connectivity index (χ1n) is 9.22. The van der Waals surface area contributed by atoms with Crippen molar-refractivity contribution in [1.29, 1.82) is 0 Å². The van der Waals surface area contributed by atoms with Crippen molar-refractivity contribution in [2.45, 2.75) is 55.7 Å². The average molecular weight is 392 g/mol. The van der Waals surface area contributed by atoms with Crippen LogP contribution in [0.25, 0.3) is 0 Å². The summed E-state index contributed by atoms with van der Waals surface area (Å²) < 4.78 is 0. The van der Waals surface area contributed by atoms with E-state index in [1.807, 2.05) is 18.2 Å². The fourth-order valence-electron chi connectivity index (χ4n) is 4.49. The highest BCUT2D eigenvalue weighted by atomic mass is 35.5. The van der Waals surface area contributed by atoms with Gasteiger partial charge in [-0.3, -0.25) is 14.9 Å².